The Hall–Kier alpha value is -2.05. The van der Waals surface area contributed by atoms with Crippen molar-refractivity contribution in [2.24, 2.45) is 0 Å². The first kappa shape index (κ1) is 19.3. The molecular formula is C19H24N2O3S. The zero-order chi connectivity index (χ0) is 18.3. The second-order valence-electron chi connectivity index (χ2n) is 6.35. The SMILES string of the molecule is CSc1ccccc1NC(=O)c1ccc(OCCOC(C)(C)C)nc1. The van der Waals surface area contributed by atoms with Crippen LogP contribution in [-0.4, -0.2) is 36.0 Å². The van der Waals surface area contributed by atoms with Crippen LogP contribution < -0.4 is 10.1 Å². The number of pyridine rings is 1. The number of aromatic nitrogens is 1. The molecule has 134 valence electrons. The number of hydrogen-bond acceptors (Lipinski definition) is 5. The Balaban J connectivity index is 1.89. The molecule has 1 heterocycles. The topological polar surface area (TPSA) is 60.5 Å². The van der Waals surface area contributed by atoms with Crippen molar-refractivity contribution in [3.8, 4) is 5.88 Å². The van der Waals surface area contributed by atoms with E-state index in [1.54, 1.807) is 23.9 Å². The van der Waals surface area contributed by atoms with Gasteiger partial charge in [-0.25, -0.2) is 4.98 Å². The van der Waals surface area contributed by atoms with E-state index in [1.807, 2.05) is 51.3 Å². The molecular weight excluding hydrogens is 336 g/mol. The minimum absolute atomic E-state index is 0.189. The van der Waals surface area contributed by atoms with Crippen molar-refractivity contribution in [2.75, 3.05) is 24.8 Å². The zero-order valence-electron chi connectivity index (χ0n) is 15.0. The summed E-state index contributed by atoms with van der Waals surface area (Å²) in [6.45, 7) is 6.88. The van der Waals surface area contributed by atoms with Crippen LogP contribution in [0.4, 0.5) is 5.69 Å². The number of carbonyl (C=O) groups is 1. The smallest absolute Gasteiger partial charge is 0.257 e. The van der Waals surface area contributed by atoms with Crippen molar-refractivity contribution in [1.82, 2.24) is 4.98 Å². The second-order valence-corrected chi connectivity index (χ2v) is 7.20. The summed E-state index contributed by atoms with van der Waals surface area (Å²) in [6.07, 6.45) is 3.49. The van der Waals surface area contributed by atoms with Gasteiger partial charge in [0.1, 0.15) is 6.61 Å². The van der Waals surface area contributed by atoms with Gasteiger partial charge >= 0.3 is 0 Å². The maximum atomic E-state index is 12.3. The molecule has 1 amide bonds. The maximum Gasteiger partial charge on any atom is 0.257 e. The zero-order valence-corrected chi connectivity index (χ0v) is 15.9. The van der Waals surface area contributed by atoms with Gasteiger partial charge in [0.2, 0.25) is 5.88 Å². The lowest BCUT2D eigenvalue weighted by Gasteiger charge is -2.19. The van der Waals surface area contributed by atoms with E-state index in [-0.39, 0.29) is 11.5 Å². The fraction of sp³-hybridized carbons (Fsp3) is 0.368. The summed E-state index contributed by atoms with van der Waals surface area (Å²) in [7, 11) is 0. The first-order valence-corrected chi connectivity index (χ1v) is 9.29. The van der Waals surface area contributed by atoms with Gasteiger partial charge in [-0.3, -0.25) is 4.79 Å². The van der Waals surface area contributed by atoms with Crippen LogP contribution in [0.3, 0.4) is 0 Å². The summed E-state index contributed by atoms with van der Waals surface area (Å²) in [4.78, 5) is 17.5. The van der Waals surface area contributed by atoms with Gasteiger partial charge in [0.25, 0.3) is 5.91 Å². The number of carbonyl (C=O) groups excluding carboxylic acids is 1. The first-order chi connectivity index (χ1) is 11.9. The van der Waals surface area contributed by atoms with Crippen LogP contribution in [0.2, 0.25) is 0 Å². The Morgan fingerprint density at radius 1 is 1.16 bits per heavy atom. The average Bonchev–Trinajstić information content (AvgIpc) is 2.59. The third-order valence-electron chi connectivity index (χ3n) is 3.22. The van der Waals surface area contributed by atoms with Gasteiger partial charge in [0.15, 0.2) is 0 Å². The van der Waals surface area contributed by atoms with E-state index in [1.165, 1.54) is 6.20 Å². The number of ether oxygens (including phenoxy) is 2. The number of benzene rings is 1. The molecule has 0 spiro atoms. The highest BCUT2D eigenvalue weighted by atomic mass is 32.2. The number of thioether (sulfide) groups is 1. The number of hydrogen-bond donors (Lipinski definition) is 1. The van der Waals surface area contributed by atoms with Crippen LogP contribution in [0, 0.1) is 0 Å². The molecule has 0 aliphatic heterocycles. The highest BCUT2D eigenvalue weighted by Crippen LogP contribution is 2.25. The van der Waals surface area contributed by atoms with Gasteiger partial charge in [-0.05, 0) is 45.2 Å². The van der Waals surface area contributed by atoms with Crippen LogP contribution in [-0.2, 0) is 4.74 Å². The minimum atomic E-state index is -0.198. The van der Waals surface area contributed by atoms with E-state index in [9.17, 15) is 4.79 Å². The normalized spacial score (nSPS) is 11.2. The van der Waals surface area contributed by atoms with Crippen LogP contribution in [0.25, 0.3) is 0 Å². The molecule has 2 rings (SSSR count). The highest BCUT2D eigenvalue weighted by Gasteiger charge is 2.11. The molecule has 6 heteroatoms. The summed E-state index contributed by atoms with van der Waals surface area (Å²) in [5, 5.41) is 2.91. The van der Waals surface area contributed by atoms with Crippen LogP contribution in [0.5, 0.6) is 5.88 Å². The lowest BCUT2D eigenvalue weighted by Crippen LogP contribution is -2.22. The fourth-order valence-corrected chi connectivity index (χ4v) is 2.59. The van der Waals surface area contributed by atoms with Crippen molar-refractivity contribution in [3.05, 3.63) is 48.2 Å². The molecule has 5 nitrogen and oxygen atoms in total. The molecule has 0 radical (unpaired) electrons. The Bertz CT molecular complexity index is 697. The molecule has 0 bridgehead atoms. The lowest BCUT2D eigenvalue weighted by atomic mass is 10.2. The second kappa shape index (κ2) is 8.87. The molecule has 0 fully saturated rings. The van der Waals surface area contributed by atoms with Crippen molar-refractivity contribution < 1.29 is 14.3 Å². The summed E-state index contributed by atoms with van der Waals surface area (Å²) in [5.41, 5.74) is 1.08. The van der Waals surface area contributed by atoms with E-state index in [2.05, 4.69) is 10.3 Å². The summed E-state index contributed by atoms with van der Waals surface area (Å²) >= 11 is 1.59. The molecule has 25 heavy (non-hydrogen) atoms. The van der Waals surface area contributed by atoms with Crippen molar-refractivity contribution in [3.63, 3.8) is 0 Å². The molecule has 0 saturated carbocycles. The first-order valence-electron chi connectivity index (χ1n) is 8.06. The lowest BCUT2D eigenvalue weighted by molar-refractivity contribution is -0.0168. The van der Waals surface area contributed by atoms with Gasteiger partial charge in [-0.15, -0.1) is 11.8 Å². The van der Waals surface area contributed by atoms with E-state index in [0.29, 0.717) is 24.7 Å². The van der Waals surface area contributed by atoms with Crippen molar-refractivity contribution >= 4 is 23.4 Å². The quantitative estimate of drug-likeness (QED) is 0.591. The van der Waals surface area contributed by atoms with E-state index < -0.39 is 0 Å². The molecule has 0 aliphatic carbocycles. The summed E-state index contributed by atoms with van der Waals surface area (Å²) in [6, 6.07) is 11.1. The molecule has 1 aromatic carbocycles. The maximum absolute atomic E-state index is 12.3. The molecule has 2 aromatic rings. The van der Waals surface area contributed by atoms with Crippen LogP contribution in [0.15, 0.2) is 47.5 Å². The Morgan fingerprint density at radius 3 is 2.56 bits per heavy atom. The standard InChI is InChI=1S/C19H24N2O3S/c1-19(2,3)24-12-11-23-17-10-9-14(13-20-17)18(22)21-15-7-5-6-8-16(15)25-4/h5-10,13H,11-12H2,1-4H3,(H,21,22). The van der Waals surface area contributed by atoms with Gasteiger partial charge in [-0.2, -0.15) is 0 Å². The number of para-hydroxylation sites is 1. The highest BCUT2D eigenvalue weighted by molar-refractivity contribution is 7.98. The van der Waals surface area contributed by atoms with E-state index >= 15 is 0 Å². The van der Waals surface area contributed by atoms with Crippen LogP contribution in [0.1, 0.15) is 31.1 Å². The number of anilines is 1. The summed E-state index contributed by atoms with van der Waals surface area (Å²) < 4.78 is 11.1. The fourth-order valence-electron chi connectivity index (χ4n) is 2.04. The largest absolute Gasteiger partial charge is 0.475 e. The number of amides is 1. The minimum Gasteiger partial charge on any atom is -0.475 e. The van der Waals surface area contributed by atoms with Crippen LogP contribution >= 0.6 is 11.8 Å². The Kier molecular flexibility index (Phi) is 6.84. The average molecular weight is 360 g/mol. The van der Waals surface area contributed by atoms with Gasteiger partial charge in [-0.1, -0.05) is 12.1 Å². The third kappa shape index (κ3) is 6.40. The number of nitrogens with one attached hydrogen (secondary N) is 1. The van der Waals surface area contributed by atoms with Crippen molar-refractivity contribution in [2.45, 2.75) is 31.3 Å². The molecule has 0 aliphatic rings. The molecule has 0 atom stereocenters. The van der Waals surface area contributed by atoms with E-state index in [4.69, 9.17) is 9.47 Å². The van der Waals surface area contributed by atoms with Crippen molar-refractivity contribution in [1.29, 1.82) is 0 Å². The third-order valence-corrected chi connectivity index (χ3v) is 4.02. The number of rotatable bonds is 7. The summed E-state index contributed by atoms with van der Waals surface area (Å²) in [5.74, 6) is 0.273. The molecule has 1 N–H and O–H groups in total. The van der Waals surface area contributed by atoms with Gasteiger partial charge in [0.05, 0.1) is 23.5 Å². The molecule has 0 saturated heterocycles. The molecule has 0 unspecified atom stereocenters. The Labute approximate surface area is 153 Å². The van der Waals surface area contributed by atoms with Gasteiger partial charge in [0, 0.05) is 17.2 Å². The van der Waals surface area contributed by atoms with Gasteiger partial charge < -0.3 is 14.8 Å². The predicted molar refractivity (Wildman–Crippen MR) is 102 cm³/mol. The number of nitrogens with zero attached hydrogens (tertiary/aromatic N) is 1. The molecule has 1 aromatic heterocycles. The van der Waals surface area contributed by atoms with E-state index in [0.717, 1.165) is 10.6 Å². The Morgan fingerprint density at radius 2 is 1.92 bits per heavy atom. The predicted octanol–water partition coefficient (Wildman–Crippen LogP) is 4.25. The monoisotopic (exact) mass is 360 g/mol.